The zero-order valence-electron chi connectivity index (χ0n) is 14.2. The molecule has 2 rings (SSSR count). The molecule has 2 aromatic rings. The Hall–Kier alpha value is -2.97. The van der Waals surface area contributed by atoms with Crippen LogP contribution in [-0.4, -0.2) is 22.3 Å². The van der Waals surface area contributed by atoms with Gasteiger partial charge in [0, 0.05) is 34.6 Å². The first kappa shape index (κ1) is 19.4. The third-order valence-corrected chi connectivity index (χ3v) is 3.48. The van der Waals surface area contributed by atoms with E-state index in [0.29, 0.717) is 11.8 Å². The Morgan fingerprint density at radius 1 is 1.15 bits per heavy atom. The van der Waals surface area contributed by atoms with E-state index in [0.717, 1.165) is 12.4 Å². The lowest BCUT2D eigenvalue weighted by Gasteiger charge is -2.26. The second-order valence-electron chi connectivity index (χ2n) is 6.48. The van der Waals surface area contributed by atoms with Crippen molar-refractivity contribution in [2.75, 3.05) is 0 Å². The number of alkyl halides is 3. The molecule has 0 bridgehead atoms. The van der Waals surface area contributed by atoms with Crippen LogP contribution in [0.2, 0.25) is 0 Å². The smallest absolute Gasteiger partial charge is 0.410 e. The van der Waals surface area contributed by atoms with Crippen molar-refractivity contribution in [1.82, 2.24) is 9.97 Å². The minimum Gasteiger partial charge on any atom is -0.410 e. The van der Waals surface area contributed by atoms with Crippen molar-refractivity contribution >= 4 is 12.4 Å². The molecular formula is C17H16F3N3O3. The molecule has 1 amide bonds. The number of halogens is 3. The fraction of sp³-hybridized carbons (Fsp3) is 0.294. The van der Waals surface area contributed by atoms with Crippen LogP contribution in [0.1, 0.15) is 42.5 Å². The minimum absolute atomic E-state index is 0.102. The molecule has 0 saturated carbocycles. The fourth-order valence-electron chi connectivity index (χ4n) is 2.55. The molecule has 0 radical (unpaired) electrons. The number of benzene rings is 1. The fourth-order valence-corrected chi connectivity index (χ4v) is 2.55. The highest BCUT2D eigenvalue weighted by Crippen LogP contribution is 2.41. The summed E-state index contributed by atoms with van der Waals surface area (Å²) in [5.74, 6) is -1.19. The van der Waals surface area contributed by atoms with Gasteiger partial charge in [-0.05, 0) is 17.5 Å². The Kier molecular flexibility index (Phi) is 5.02. The molecule has 6 nitrogen and oxygen atoms in total. The first-order valence-electron chi connectivity index (χ1n) is 7.44. The Morgan fingerprint density at radius 3 is 2.15 bits per heavy atom. The van der Waals surface area contributed by atoms with Gasteiger partial charge in [-0.3, -0.25) is 4.79 Å². The number of nitrogens with zero attached hydrogens (tertiary/aromatic N) is 2. The van der Waals surface area contributed by atoms with Crippen LogP contribution in [0.4, 0.5) is 18.0 Å². The zero-order chi connectivity index (χ0) is 19.7. The Balaban J connectivity index is 2.76. The van der Waals surface area contributed by atoms with Crippen LogP contribution >= 0.6 is 0 Å². The normalized spacial score (nSPS) is 11.9. The summed E-state index contributed by atoms with van der Waals surface area (Å²) in [6.45, 7) is 5.37. The molecule has 9 heteroatoms. The summed E-state index contributed by atoms with van der Waals surface area (Å²) in [5.41, 5.74) is 5.52. The summed E-state index contributed by atoms with van der Waals surface area (Å²) in [7, 11) is 0. The van der Waals surface area contributed by atoms with E-state index < -0.39 is 23.5 Å². The van der Waals surface area contributed by atoms with Crippen molar-refractivity contribution in [1.29, 1.82) is 0 Å². The molecule has 1 heterocycles. The number of rotatable bonds is 3. The van der Waals surface area contributed by atoms with Crippen molar-refractivity contribution in [2.45, 2.75) is 32.4 Å². The topological polar surface area (TPSA) is 95.2 Å². The van der Waals surface area contributed by atoms with E-state index >= 15 is 0 Å². The summed E-state index contributed by atoms with van der Waals surface area (Å²) in [6.07, 6.45) is -3.24. The molecule has 26 heavy (non-hydrogen) atoms. The zero-order valence-corrected chi connectivity index (χ0v) is 14.2. The van der Waals surface area contributed by atoms with Crippen LogP contribution in [0, 0.1) is 0 Å². The predicted octanol–water partition coefficient (Wildman–Crippen LogP) is 3.73. The highest BCUT2D eigenvalue weighted by atomic mass is 19.4. The van der Waals surface area contributed by atoms with Crippen LogP contribution in [0.25, 0.3) is 11.1 Å². The third-order valence-electron chi connectivity index (χ3n) is 3.48. The van der Waals surface area contributed by atoms with E-state index in [1.807, 2.05) is 0 Å². The van der Waals surface area contributed by atoms with Crippen molar-refractivity contribution in [3.05, 3.63) is 41.5 Å². The molecular weight excluding hydrogens is 351 g/mol. The van der Waals surface area contributed by atoms with E-state index in [-0.39, 0.29) is 22.4 Å². The van der Waals surface area contributed by atoms with Crippen molar-refractivity contribution in [3.63, 3.8) is 0 Å². The number of carbonyl (C=O) groups excluding carboxylic acids is 2. The van der Waals surface area contributed by atoms with Gasteiger partial charge in [0.15, 0.2) is 6.29 Å². The lowest BCUT2D eigenvalue weighted by Crippen LogP contribution is -2.22. The van der Waals surface area contributed by atoms with Crippen LogP contribution in [0.5, 0.6) is 5.75 Å². The number of ether oxygens (including phenoxy) is 1. The number of aldehydes is 1. The maximum Gasteiger partial charge on any atom is 0.451 e. The molecule has 0 spiro atoms. The largest absolute Gasteiger partial charge is 0.451 e. The van der Waals surface area contributed by atoms with Crippen molar-refractivity contribution in [3.8, 4) is 16.9 Å². The predicted molar refractivity (Wildman–Crippen MR) is 86.8 cm³/mol. The number of nitrogens with two attached hydrogens (primary N) is 1. The highest BCUT2D eigenvalue weighted by molar-refractivity contribution is 5.91. The van der Waals surface area contributed by atoms with Crippen LogP contribution in [0.3, 0.4) is 0 Å². The lowest BCUT2D eigenvalue weighted by molar-refractivity contribution is -0.145. The van der Waals surface area contributed by atoms with Gasteiger partial charge in [-0.2, -0.15) is 13.2 Å². The van der Waals surface area contributed by atoms with Gasteiger partial charge in [0.05, 0.1) is 0 Å². The summed E-state index contributed by atoms with van der Waals surface area (Å²) in [4.78, 5) is 29.3. The molecule has 0 aliphatic rings. The van der Waals surface area contributed by atoms with Crippen molar-refractivity contribution < 1.29 is 27.5 Å². The number of carbonyl (C=O) groups is 2. The molecule has 0 fully saturated rings. The maximum atomic E-state index is 12.7. The number of amides is 1. The molecule has 1 aromatic carbocycles. The third kappa shape index (κ3) is 3.98. The van der Waals surface area contributed by atoms with E-state index in [9.17, 15) is 22.8 Å². The highest BCUT2D eigenvalue weighted by Gasteiger charge is 2.35. The maximum absolute atomic E-state index is 12.7. The van der Waals surface area contributed by atoms with Gasteiger partial charge in [-0.1, -0.05) is 20.8 Å². The summed E-state index contributed by atoms with van der Waals surface area (Å²) >= 11 is 0. The summed E-state index contributed by atoms with van der Waals surface area (Å²) in [6, 6.07) is 2.79. The first-order chi connectivity index (χ1) is 11.9. The number of hydrogen-bond donors (Lipinski definition) is 1. The van der Waals surface area contributed by atoms with Crippen LogP contribution < -0.4 is 10.5 Å². The van der Waals surface area contributed by atoms with Crippen molar-refractivity contribution in [2.24, 2.45) is 5.73 Å². The quantitative estimate of drug-likeness (QED) is 0.834. The molecule has 0 aliphatic carbocycles. The minimum atomic E-state index is -4.68. The molecule has 138 valence electrons. The van der Waals surface area contributed by atoms with Gasteiger partial charge in [0.25, 0.3) is 0 Å². The van der Waals surface area contributed by atoms with E-state index in [4.69, 9.17) is 10.5 Å². The summed E-state index contributed by atoms with van der Waals surface area (Å²) in [5, 5.41) is 0. The van der Waals surface area contributed by atoms with E-state index in [2.05, 4.69) is 9.97 Å². The van der Waals surface area contributed by atoms with E-state index in [1.54, 1.807) is 20.8 Å². The van der Waals surface area contributed by atoms with Gasteiger partial charge in [-0.15, -0.1) is 0 Å². The number of aromatic nitrogens is 2. The second-order valence-corrected chi connectivity index (χ2v) is 6.48. The standard InChI is InChI=1S/C17H16F3N3O3/c1-16(2,3)13-11(26-15(21)25)5-4-9(8-24)12(13)10-6-22-14(23-7-10)17(18,19)20/h4-8H,1-3H3,(H2,21,25). The molecule has 1 aromatic heterocycles. The van der Waals surface area contributed by atoms with Crippen LogP contribution in [0.15, 0.2) is 24.5 Å². The molecule has 2 N–H and O–H groups in total. The SMILES string of the molecule is CC(C)(C)c1c(OC(N)=O)ccc(C=O)c1-c1cnc(C(F)(F)F)nc1. The van der Waals surface area contributed by atoms with Crippen LogP contribution in [-0.2, 0) is 11.6 Å². The Bertz CT molecular complexity index is 841. The number of hydrogen-bond acceptors (Lipinski definition) is 5. The molecule has 0 atom stereocenters. The Morgan fingerprint density at radius 2 is 1.73 bits per heavy atom. The van der Waals surface area contributed by atoms with Gasteiger partial charge in [0.1, 0.15) is 5.75 Å². The second kappa shape index (κ2) is 6.74. The number of primary amides is 1. The monoisotopic (exact) mass is 367 g/mol. The summed E-state index contributed by atoms with van der Waals surface area (Å²) < 4.78 is 43.1. The first-order valence-corrected chi connectivity index (χ1v) is 7.44. The molecule has 0 unspecified atom stereocenters. The van der Waals surface area contributed by atoms with Gasteiger partial charge < -0.3 is 10.5 Å². The molecule has 0 saturated heterocycles. The average Bonchev–Trinajstić information content (AvgIpc) is 2.52. The van der Waals surface area contributed by atoms with Gasteiger partial charge in [0.2, 0.25) is 5.82 Å². The van der Waals surface area contributed by atoms with Gasteiger partial charge in [-0.25, -0.2) is 14.8 Å². The lowest BCUT2D eigenvalue weighted by atomic mass is 9.80. The van der Waals surface area contributed by atoms with Gasteiger partial charge >= 0.3 is 12.3 Å². The molecule has 0 aliphatic heterocycles. The Labute approximate surface area is 147 Å². The van der Waals surface area contributed by atoms with E-state index in [1.165, 1.54) is 12.1 Å². The average molecular weight is 367 g/mol.